The SMILES string of the molecule is CCCCCOc1ccc(C(=O)OCCCCCOC=O)cc1. The van der Waals surface area contributed by atoms with E-state index in [1.165, 1.54) is 0 Å². The summed E-state index contributed by atoms with van der Waals surface area (Å²) in [4.78, 5) is 21.8. The Balaban J connectivity index is 2.19. The first-order valence-corrected chi connectivity index (χ1v) is 8.23. The lowest BCUT2D eigenvalue weighted by Crippen LogP contribution is -2.07. The molecule has 0 aromatic heterocycles. The standard InChI is InChI=1S/C18H26O5/c1-2-3-5-13-22-17-10-8-16(9-11-17)18(20)23-14-7-4-6-12-21-15-19/h8-11,15H,2-7,12-14H2,1H3. The van der Waals surface area contributed by atoms with Crippen molar-refractivity contribution in [3.05, 3.63) is 29.8 Å². The van der Waals surface area contributed by atoms with Gasteiger partial charge in [-0.2, -0.15) is 0 Å². The third kappa shape index (κ3) is 8.86. The van der Waals surface area contributed by atoms with Crippen molar-refractivity contribution in [2.75, 3.05) is 19.8 Å². The number of unbranched alkanes of at least 4 members (excludes halogenated alkanes) is 4. The molecular weight excluding hydrogens is 296 g/mol. The number of hydrogen-bond donors (Lipinski definition) is 0. The van der Waals surface area contributed by atoms with Gasteiger partial charge in [0.15, 0.2) is 0 Å². The largest absolute Gasteiger partial charge is 0.494 e. The van der Waals surface area contributed by atoms with Crippen molar-refractivity contribution in [3.63, 3.8) is 0 Å². The molecule has 0 radical (unpaired) electrons. The van der Waals surface area contributed by atoms with Crippen LogP contribution in [-0.4, -0.2) is 32.3 Å². The van der Waals surface area contributed by atoms with Crippen LogP contribution in [-0.2, 0) is 14.3 Å². The van der Waals surface area contributed by atoms with Crippen LogP contribution in [0.3, 0.4) is 0 Å². The maximum Gasteiger partial charge on any atom is 0.338 e. The highest BCUT2D eigenvalue weighted by Crippen LogP contribution is 2.14. The number of rotatable bonds is 13. The van der Waals surface area contributed by atoms with Gasteiger partial charge in [0.1, 0.15) is 5.75 Å². The van der Waals surface area contributed by atoms with E-state index in [2.05, 4.69) is 11.7 Å². The summed E-state index contributed by atoms with van der Waals surface area (Å²) in [5, 5.41) is 0. The van der Waals surface area contributed by atoms with Gasteiger partial charge in [-0.3, -0.25) is 4.79 Å². The quantitative estimate of drug-likeness (QED) is 0.314. The molecule has 0 unspecified atom stereocenters. The maximum absolute atomic E-state index is 11.9. The molecule has 0 saturated carbocycles. The normalized spacial score (nSPS) is 10.1. The Morgan fingerprint density at radius 2 is 1.65 bits per heavy atom. The fourth-order valence-electron chi connectivity index (χ4n) is 1.99. The number of ether oxygens (including phenoxy) is 3. The van der Waals surface area contributed by atoms with E-state index in [0.717, 1.165) is 44.3 Å². The smallest absolute Gasteiger partial charge is 0.338 e. The molecule has 5 nitrogen and oxygen atoms in total. The molecule has 5 heteroatoms. The Morgan fingerprint density at radius 1 is 0.957 bits per heavy atom. The Labute approximate surface area is 137 Å². The van der Waals surface area contributed by atoms with Crippen molar-refractivity contribution in [2.24, 2.45) is 0 Å². The first kappa shape index (κ1) is 19.0. The van der Waals surface area contributed by atoms with Gasteiger partial charge in [-0.05, 0) is 49.9 Å². The maximum atomic E-state index is 11.9. The minimum Gasteiger partial charge on any atom is -0.494 e. The molecule has 0 aliphatic carbocycles. The zero-order valence-corrected chi connectivity index (χ0v) is 13.8. The van der Waals surface area contributed by atoms with Crippen LogP contribution in [0.15, 0.2) is 24.3 Å². The summed E-state index contributed by atoms with van der Waals surface area (Å²) in [6.45, 7) is 4.08. The van der Waals surface area contributed by atoms with Crippen LogP contribution in [0.2, 0.25) is 0 Å². The fraction of sp³-hybridized carbons (Fsp3) is 0.556. The molecule has 23 heavy (non-hydrogen) atoms. The second-order valence-electron chi connectivity index (χ2n) is 5.24. The van der Waals surface area contributed by atoms with E-state index in [1.54, 1.807) is 24.3 Å². The monoisotopic (exact) mass is 322 g/mol. The molecule has 0 amide bonds. The van der Waals surface area contributed by atoms with Crippen LogP contribution in [0.5, 0.6) is 5.75 Å². The summed E-state index contributed by atoms with van der Waals surface area (Å²) in [5.41, 5.74) is 0.523. The summed E-state index contributed by atoms with van der Waals surface area (Å²) in [6, 6.07) is 7.02. The number of benzene rings is 1. The highest BCUT2D eigenvalue weighted by Gasteiger charge is 2.07. The molecule has 1 aromatic rings. The molecule has 0 fully saturated rings. The predicted octanol–water partition coefficient (Wildman–Crippen LogP) is 3.76. The van der Waals surface area contributed by atoms with Gasteiger partial charge in [0.2, 0.25) is 0 Å². The molecule has 128 valence electrons. The lowest BCUT2D eigenvalue weighted by atomic mass is 10.2. The first-order valence-electron chi connectivity index (χ1n) is 8.23. The van der Waals surface area contributed by atoms with Crippen molar-refractivity contribution < 1.29 is 23.8 Å². The van der Waals surface area contributed by atoms with Gasteiger partial charge in [-0.25, -0.2) is 4.79 Å². The molecule has 0 bridgehead atoms. The van der Waals surface area contributed by atoms with Crippen molar-refractivity contribution >= 4 is 12.4 Å². The first-order chi connectivity index (χ1) is 11.3. The number of esters is 1. The van der Waals surface area contributed by atoms with E-state index in [0.29, 0.717) is 31.9 Å². The third-order valence-corrected chi connectivity index (χ3v) is 3.31. The van der Waals surface area contributed by atoms with Crippen molar-refractivity contribution in [1.82, 2.24) is 0 Å². The van der Waals surface area contributed by atoms with Gasteiger partial charge >= 0.3 is 5.97 Å². The summed E-state index contributed by atoms with van der Waals surface area (Å²) < 4.78 is 15.4. The number of hydrogen-bond acceptors (Lipinski definition) is 5. The molecule has 0 saturated heterocycles. The topological polar surface area (TPSA) is 61.8 Å². The molecular formula is C18H26O5. The zero-order chi connectivity index (χ0) is 16.8. The molecule has 0 atom stereocenters. The Bertz CT molecular complexity index is 441. The van der Waals surface area contributed by atoms with Gasteiger partial charge < -0.3 is 14.2 Å². The Kier molecular flexibility index (Phi) is 10.3. The number of carbonyl (C=O) groups is 2. The second kappa shape index (κ2) is 12.5. The summed E-state index contributed by atoms with van der Waals surface area (Å²) in [7, 11) is 0. The molecule has 0 spiro atoms. The highest BCUT2D eigenvalue weighted by atomic mass is 16.5. The van der Waals surface area contributed by atoms with E-state index in [9.17, 15) is 9.59 Å². The highest BCUT2D eigenvalue weighted by molar-refractivity contribution is 5.89. The van der Waals surface area contributed by atoms with Crippen LogP contribution >= 0.6 is 0 Å². The minimum absolute atomic E-state index is 0.327. The lowest BCUT2D eigenvalue weighted by molar-refractivity contribution is -0.128. The number of carbonyl (C=O) groups excluding carboxylic acids is 2. The van der Waals surface area contributed by atoms with Crippen molar-refractivity contribution in [1.29, 1.82) is 0 Å². The molecule has 0 heterocycles. The van der Waals surface area contributed by atoms with Crippen molar-refractivity contribution in [2.45, 2.75) is 45.4 Å². The molecule has 0 N–H and O–H groups in total. The molecule has 1 rings (SSSR count). The van der Waals surface area contributed by atoms with Gasteiger partial charge in [-0.1, -0.05) is 19.8 Å². The van der Waals surface area contributed by atoms with Crippen LogP contribution in [0, 0.1) is 0 Å². The average Bonchev–Trinajstić information content (AvgIpc) is 2.58. The van der Waals surface area contributed by atoms with E-state index in [4.69, 9.17) is 9.47 Å². The minimum atomic E-state index is -0.327. The summed E-state index contributed by atoms with van der Waals surface area (Å²) in [6.07, 6.45) is 5.75. The molecule has 0 aliphatic heterocycles. The summed E-state index contributed by atoms with van der Waals surface area (Å²) >= 11 is 0. The van der Waals surface area contributed by atoms with E-state index < -0.39 is 0 Å². The van der Waals surface area contributed by atoms with Gasteiger partial charge in [0.05, 0.1) is 25.4 Å². The van der Waals surface area contributed by atoms with E-state index in [-0.39, 0.29) is 5.97 Å². The van der Waals surface area contributed by atoms with Crippen LogP contribution in [0.1, 0.15) is 55.8 Å². The Hall–Kier alpha value is -2.04. The molecule has 0 aliphatic rings. The van der Waals surface area contributed by atoms with Gasteiger partial charge in [0, 0.05) is 0 Å². The second-order valence-corrected chi connectivity index (χ2v) is 5.24. The third-order valence-electron chi connectivity index (χ3n) is 3.31. The van der Waals surface area contributed by atoms with Crippen LogP contribution in [0.4, 0.5) is 0 Å². The molecule has 1 aromatic carbocycles. The van der Waals surface area contributed by atoms with Gasteiger partial charge in [-0.15, -0.1) is 0 Å². The van der Waals surface area contributed by atoms with Crippen LogP contribution in [0.25, 0.3) is 0 Å². The Morgan fingerprint density at radius 3 is 2.35 bits per heavy atom. The summed E-state index contributed by atoms with van der Waals surface area (Å²) in [5.74, 6) is 0.444. The predicted molar refractivity (Wildman–Crippen MR) is 87.6 cm³/mol. The van der Waals surface area contributed by atoms with Crippen molar-refractivity contribution in [3.8, 4) is 5.75 Å². The van der Waals surface area contributed by atoms with E-state index >= 15 is 0 Å². The average molecular weight is 322 g/mol. The lowest BCUT2D eigenvalue weighted by Gasteiger charge is -2.07. The zero-order valence-electron chi connectivity index (χ0n) is 13.8. The van der Waals surface area contributed by atoms with Gasteiger partial charge in [0.25, 0.3) is 6.47 Å². The fourth-order valence-corrected chi connectivity index (χ4v) is 1.99. The van der Waals surface area contributed by atoms with E-state index in [1.807, 2.05) is 0 Å². The van der Waals surface area contributed by atoms with Crippen LogP contribution < -0.4 is 4.74 Å².